The maximum atomic E-state index is 12.5. The zero-order chi connectivity index (χ0) is 23.0. The zero-order valence-corrected chi connectivity index (χ0v) is 19.3. The molecule has 0 saturated heterocycles. The summed E-state index contributed by atoms with van der Waals surface area (Å²) in [5, 5.41) is 12.7. The largest absolute Gasteiger partial charge is 0.497 e. The quantitative estimate of drug-likeness (QED) is 0.330. The molecule has 1 aromatic heterocycles. The van der Waals surface area contributed by atoms with Gasteiger partial charge in [-0.2, -0.15) is 0 Å². The van der Waals surface area contributed by atoms with Crippen LogP contribution in [0.1, 0.15) is 5.82 Å². The number of halogens is 1. The van der Waals surface area contributed by atoms with Crippen molar-refractivity contribution in [2.45, 2.75) is 11.8 Å². The Kier molecular flexibility index (Phi) is 7.49. The summed E-state index contributed by atoms with van der Waals surface area (Å²) in [6, 6.07) is 24.0. The van der Waals surface area contributed by atoms with Gasteiger partial charge in [-0.1, -0.05) is 47.6 Å². The minimum atomic E-state index is -0.166. The molecule has 0 aliphatic rings. The van der Waals surface area contributed by atoms with Gasteiger partial charge in [0.25, 0.3) is 0 Å². The topological polar surface area (TPSA) is 78.3 Å². The molecule has 0 radical (unpaired) electrons. The van der Waals surface area contributed by atoms with Gasteiger partial charge in [0.2, 0.25) is 5.91 Å². The van der Waals surface area contributed by atoms with Gasteiger partial charge in [0.05, 0.1) is 12.9 Å². The van der Waals surface area contributed by atoms with Gasteiger partial charge in [0.1, 0.15) is 18.1 Å². The van der Waals surface area contributed by atoms with Crippen LogP contribution >= 0.6 is 23.4 Å². The number of para-hydroxylation sites is 1. The normalized spacial score (nSPS) is 10.6. The second kappa shape index (κ2) is 10.9. The molecule has 7 nitrogen and oxygen atoms in total. The molecule has 1 amide bonds. The van der Waals surface area contributed by atoms with Gasteiger partial charge in [-0.05, 0) is 48.5 Å². The molecular formula is C24H21ClN4O3S. The third kappa shape index (κ3) is 6.06. The molecule has 4 rings (SSSR count). The molecule has 0 atom stereocenters. The molecule has 0 aliphatic heterocycles. The number of carbonyl (C=O) groups excluding carboxylic acids is 1. The third-order valence-electron chi connectivity index (χ3n) is 4.58. The van der Waals surface area contributed by atoms with E-state index in [0.717, 1.165) is 11.4 Å². The van der Waals surface area contributed by atoms with Crippen molar-refractivity contribution < 1.29 is 14.3 Å². The van der Waals surface area contributed by atoms with Gasteiger partial charge < -0.3 is 14.8 Å². The molecule has 1 N–H and O–H groups in total. The smallest absolute Gasteiger partial charge is 0.234 e. The van der Waals surface area contributed by atoms with E-state index in [1.807, 2.05) is 59.2 Å². The highest BCUT2D eigenvalue weighted by molar-refractivity contribution is 7.99. The maximum absolute atomic E-state index is 12.5. The fourth-order valence-electron chi connectivity index (χ4n) is 3.03. The third-order valence-corrected chi connectivity index (χ3v) is 5.76. The SMILES string of the molecule is COc1cccc(NC(=O)CSc2nnc(COc3ccccc3)n2-c2ccc(Cl)cc2)c1. The van der Waals surface area contributed by atoms with E-state index in [9.17, 15) is 4.79 Å². The summed E-state index contributed by atoms with van der Waals surface area (Å²) >= 11 is 7.35. The first kappa shape index (κ1) is 22.7. The number of benzene rings is 3. The van der Waals surface area contributed by atoms with Crippen molar-refractivity contribution in [1.82, 2.24) is 14.8 Å². The molecule has 0 fully saturated rings. The Labute approximate surface area is 200 Å². The van der Waals surface area contributed by atoms with Crippen molar-refractivity contribution in [2.75, 3.05) is 18.2 Å². The minimum Gasteiger partial charge on any atom is -0.497 e. The second-order valence-electron chi connectivity index (χ2n) is 6.88. The summed E-state index contributed by atoms with van der Waals surface area (Å²) in [5.41, 5.74) is 1.49. The number of nitrogens with zero attached hydrogens (tertiary/aromatic N) is 3. The lowest BCUT2D eigenvalue weighted by Crippen LogP contribution is -2.14. The van der Waals surface area contributed by atoms with Gasteiger partial charge in [-0.25, -0.2) is 0 Å². The number of hydrogen-bond acceptors (Lipinski definition) is 6. The highest BCUT2D eigenvalue weighted by atomic mass is 35.5. The number of aromatic nitrogens is 3. The van der Waals surface area contributed by atoms with Gasteiger partial charge in [0, 0.05) is 22.5 Å². The van der Waals surface area contributed by atoms with E-state index in [4.69, 9.17) is 21.1 Å². The Bertz CT molecular complexity index is 1220. The molecule has 3 aromatic carbocycles. The lowest BCUT2D eigenvalue weighted by atomic mass is 10.3. The first-order valence-corrected chi connectivity index (χ1v) is 11.4. The van der Waals surface area contributed by atoms with Crippen LogP contribution in [0.3, 0.4) is 0 Å². The van der Waals surface area contributed by atoms with E-state index >= 15 is 0 Å². The number of thioether (sulfide) groups is 1. The van der Waals surface area contributed by atoms with Crippen LogP contribution in [0, 0.1) is 0 Å². The number of hydrogen-bond donors (Lipinski definition) is 1. The van der Waals surface area contributed by atoms with Crippen molar-refractivity contribution in [3.8, 4) is 17.2 Å². The van der Waals surface area contributed by atoms with Crippen LogP contribution in [0.25, 0.3) is 5.69 Å². The van der Waals surface area contributed by atoms with E-state index in [1.165, 1.54) is 11.8 Å². The van der Waals surface area contributed by atoms with Gasteiger partial charge in [-0.3, -0.25) is 9.36 Å². The first-order chi connectivity index (χ1) is 16.1. The maximum Gasteiger partial charge on any atom is 0.234 e. The Hall–Kier alpha value is -3.49. The van der Waals surface area contributed by atoms with Crippen LogP contribution in [-0.4, -0.2) is 33.5 Å². The Balaban J connectivity index is 1.50. The van der Waals surface area contributed by atoms with Crippen LogP contribution in [0.15, 0.2) is 84.0 Å². The first-order valence-electron chi connectivity index (χ1n) is 10.1. The molecular weight excluding hydrogens is 460 g/mol. The summed E-state index contributed by atoms with van der Waals surface area (Å²) in [7, 11) is 1.58. The second-order valence-corrected chi connectivity index (χ2v) is 8.26. The van der Waals surface area contributed by atoms with Crippen molar-refractivity contribution in [1.29, 1.82) is 0 Å². The number of ether oxygens (including phenoxy) is 2. The van der Waals surface area contributed by atoms with E-state index in [1.54, 1.807) is 31.4 Å². The summed E-state index contributed by atoms with van der Waals surface area (Å²) in [5.74, 6) is 2.00. The molecule has 0 unspecified atom stereocenters. The number of rotatable bonds is 9. The lowest BCUT2D eigenvalue weighted by Gasteiger charge is -2.11. The van der Waals surface area contributed by atoms with Crippen molar-refractivity contribution >= 4 is 35.0 Å². The van der Waals surface area contributed by atoms with Crippen LogP contribution in [-0.2, 0) is 11.4 Å². The molecule has 0 saturated carbocycles. The molecule has 9 heteroatoms. The summed E-state index contributed by atoms with van der Waals surface area (Å²) in [6.45, 7) is 0.218. The standard InChI is InChI=1S/C24H21ClN4O3S/c1-31-21-9-5-6-18(14-21)26-23(30)16-33-24-28-27-22(15-32-20-7-3-2-4-8-20)29(24)19-12-10-17(25)11-13-19/h2-14H,15-16H2,1H3,(H,26,30). The summed E-state index contributed by atoms with van der Waals surface area (Å²) in [6.07, 6.45) is 0. The average Bonchev–Trinajstić information content (AvgIpc) is 3.25. The predicted molar refractivity (Wildman–Crippen MR) is 129 cm³/mol. The summed E-state index contributed by atoms with van der Waals surface area (Å²) in [4.78, 5) is 12.5. The van der Waals surface area contributed by atoms with Crippen LogP contribution in [0.5, 0.6) is 11.5 Å². The Morgan fingerprint density at radius 2 is 1.76 bits per heavy atom. The lowest BCUT2D eigenvalue weighted by molar-refractivity contribution is -0.113. The molecule has 4 aromatic rings. The van der Waals surface area contributed by atoms with Crippen LogP contribution in [0.4, 0.5) is 5.69 Å². The molecule has 0 bridgehead atoms. The number of methoxy groups -OCH3 is 1. The molecule has 0 aliphatic carbocycles. The average molecular weight is 481 g/mol. The van der Waals surface area contributed by atoms with E-state index in [-0.39, 0.29) is 18.3 Å². The number of nitrogens with one attached hydrogen (secondary N) is 1. The highest BCUT2D eigenvalue weighted by Crippen LogP contribution is 2.25. The predicted octanol–water partition coefficient (Wildman–Crippen LogP) is 5.24. The highest BCUT2D eigenvalue weighted by Gasteiger charge is 2.17. The fourth-order valence-corrected chi connectivity index (χ4v) is 3.93. The Morgan fingerprint density at radius 1 is 1.00 bits per heavy atom. The number of amides is 1. The van der Waals surface area contributed by atoms with Crippen LogP contribution in [0.2, 0.25) is 5.02 Å². The number of anilines is 1. The van der Waals surface area contributed by atoms with Gasteiger partial charge >= 0.3 is 0 Å². The van der Waals surface area contributed by atoms with E-state index in [2.05, 4.69) is 15.5 Å². The monoisotopic (exact) mass is 480 g/mol. The summed E-state index contributed by atoms with van der Waals surface area (Å²) < 4.78 is 12.9. The molecule has 33 heavy (non-hydrogen) atoms. The van der Waals surface area contributed by atoms with Crippen molar-refractivity contribution in [3.63, 3.8) is 0 Å². The van der Waals surface area contributed by atoms with Crippen molar-refractivity contribution in [3.05, 3.63) is 89.7 Å². The fraction of sp³-hybridized carbons (Fsp3) is 0.125. The van der Waals surface area contributed by atoms with Gasteiger partial charge in [0.15, 0.2) is 11.0 Å². The van der Waals surface area contributed by atoms with Crippen LogP contribution < -0.4 is 14.8 Å². The van der Waals surface area contributed by atoms with Gasteiger partial charge in [-0.15, -0.1) is 10.2 Å². The molecule has 1 heterocycles. The Morgan fingerprint density at radius 3 is 2.52 bits per heavy atom. The minimum absolute atomic E-state index is 0.155. The van der Waals surface area contributed by atoms with E-state index in [0.29, 0.717) is 27.4 Å². The number of carbonyl (C=O) groups is 1. The van der Waals surface area contributed by atoms with Crippen molar-refractivity contribution in [2.24, 2.45) is 0 Å². The van der Waals surface area contributed by atoms with E-state index < -0.39 is 0 Å². The zero-order valence-electron chi connectivity index (χ0n) is 17.8. The molecule has 168 valence electrons. The molecule has 0 spiro atoms.